The first-order chi connectivity index (χ1) is 15.1. The number of carbonyl (C=O) groups excluding carboxylic acids is 2. The van der Waals surface area contributed by atoms with Gasteiger partial charge in [0.1, 0.15) is 5.54 Å². The summed E-state index contributed by atoms with van der Waals surface area (Å²) in [5.74, 6) is -0.891. The summed E-state index contributed by atoms with van der Waals surface area (Å²) in [4.78, 5) is 28.5. The largest absolute Gasteiger partial charge is 0.351 e. The molecule has 2 aliphatic rings. The minimum Gasteiger partial charge on any atom is -0.351 e. The molecule has 1 N–H and O–H groups in total. The summed E-state index contributed by atoms with van der Waals surface area (Å²) in [5, 5.41) is 3.60. The van der Waals surface area contributed by atoms with Gasteiger partial charge in [0.2, 0.25) is 21.8 Å². The summed E-state index contributed by atoms with van der Waals surface area (Å²) < 4.78 is 26.4. The second-order valence-corrected chi connectivity index (χ2v) is 11.8. The highest BCUT2D eigenvalue weighted by Gasteiger charge is 2.51. The molecule has 0 aromatic heterocycles. The minimum absolute atomic E-state index is 0.0233. The van der Waals surface area contributed by atoms with Crippen molar-refractivity contribution in [2.24, 2.45) is 0 Å². The lowest BCUT2D eigenvalue weighted by Gasteiger charge is -2.47. The summed E-state index contributed by atoms with van der Waals surface area (Å²) in [6.07, 6.45) is 7.41. The van der Waals surface area contributed by atoms with Gasteiger partial charge >= 0.3 is 0 Å². The summed E-state index contributed by atoms with van der Waals surface area (Å²) in [6.45, 7) is 4.65. The summed E-state index contributed by atoms with van der Waals surface area (Å²) in [5.41, 5.74) is -0.0686. The highest BCUT2D eigenvalue weighted by Crippen LogP contribution is 2.35. The second-order valence-electron chi connectivity index (χ2n) is 9.12. The first kappa shape index (κ1) is 25.0. The molecule has 1 heterocycles. The normalized spacial score (nSPS) is 24.1. The van der Waals surface area contributed by atoms with E-state index in [-0.39, 0.29) is 30.8 Å². The molecule has 1 saturated heterocycles. The average molecular weight is 484 g/mol. The predicted octanol–water partition coefficient (Wildman–Crippen LogP) is 3.63. The maximum atomic E-state index is 13.7. The van der Waals surface area contributed by atoms with Gasteiger partial charge in [0.15, 0.2) is 0 Å². The van der Waals surface area contributed by atoms with E-state index in [1.165, 1.54) is 11.3 Å². The molecule has 0 bridgehead atoms. The summed E-state index contributed by atoms with van der Waals surface area (Å²) in [7, 11) is -3.65. The highest BCUT2D eigenvalue weighted by molar-refractivity contribution is 7.89. The smallest absolute Gasteiger partial charge is 0.247 e. The Morgan fingerprint density at radius 2 is 1.81 bits per heavy atom. The average Bonchev–Trinajstić information content (AvgIpc) is 2.71. The van der Waals surface area contributed by atoms with Gasteiger partial charge in [-0.15, -0.1) is 0 Å². The van der Waals surface area contributed by atoms with Crippen LogP contribution in [0.3, 0.4) is 0 Å². The molecule has 2 amide bonds. The van der Waals surface area contributed by atoms with Crippen LogP contribution in [0.1, 0.15) is 64.4 Å². The maximum absolute atomic E-state index is 13.7. The predicted molar refractivity (Wildman–Crippen MR) is 127 cm³/mol. The first-order valence-electron chi connectivity index (χ1n) is 11.5. The van der Waals surface area contributed by atoms with Gasteiger partial charge in [0.05, 0.1) is 12.3 Å². The van der Waals surface area contributed by atoms with E-state index in [0.717, 1.165) is 48.4 Å². The number of anilines is 1. The van der Waals surface area contributed by atoms with Crippen molar-refractivity contribution in [1.29, 1.82) is 0 Å². The van der Waals surface area contributed by atoms with Crippen molar-refractivity contribution in [2.75, 3.05) is 23.7 Å². The number of hydrogen-bond donors (Lipinski definition) is 1. The van der Waals surface area contributed by atoms with Gasteiger partial charge in [-0.25, -0.2) is 8.42 Å². The molecule has 32 heavy (non-hydrogen) atoms. The fraction of sp³-hybridized carbons (Fsp3) is 0.652. The Morgan fingerprint density at radius 3 is 2.44 bits per heavy atom. The fourth-order valence-electron chi connectivity index (χ4n) is 4.68. The van der Waals surface area contributed by atoms with Crippen molar-refractivity contribution in [2.45, 2.75) is 77.3 Å². The molecule has 1 atom stereocenters. The molecule has 1 aromatic carbocycles. The summed E-state index contributed by atoms with van der Waals surface area (Å²) in [6, 6.07) is 5.22. The van der Waals surface area contributed by atoms with Crippen LogP contribution in [0.25, 0.3) is 0 Å². The van der Waals surface area contributed by atoms with Crippen molar-refractivity contribution >= 4 is 39.1 Å². The van der Waals surface area contributed by atoms with E-state index in [0.29, 0.717) is 10.7 Å². The van der Waals surface area contributed by atoms with Crippen LogP contribution in [-0.4, -0.2) is 55.0 Å². The number of rotatable bonds is 5. The van der Waals surface area contributed by atoms with Crippen LogP contribution in [-0.2, 0) is 19.6 Å². The third-order valence-electron chi connectivity index (χ3n) is 6.64. The topological polar surface area (TPSA) is 86.8 Å². The Kier molecular flexibility index (Phi) is 7.89. The number of nitrogens with one attached hydrogen (secondary N) is 1. The van der Waals surface area contributed by atoms with Gasteiger partial charge in [0.25, 0.3) is 0 Å². The van der Waals surface area contributed by atoms with Crippen LogP contribution in [0.15, 0.2) is 18.2 Å². The molecule has 3 rings (SSSR count). The van der Waals surface area contributed by atoms with Gasteiger partial charge in [-0.1, -0.05) is 49.8 Å². The van der Waals surface area contributed by atoms with Crippen LogP contribution in [0.4, 0.5) is 5.69 Å². The Balaban J connectivity index is 1.99. The van der Waals surface area contributed by atoms with Crippen LogP contribution >= 0.6 is 11.6 Å². The number of carbonyl (C=O) groups is 2. The Morgan fingerprint density at radius 1 is 1.19 bits per heavy atom. The van der Waals surface area contributed by atoms with E-state index < -0.39 is 21.5 Å². The zero-order valence-electron chi connectivity index (χ0n) is 19.2. The number of halogens is 1. The van der Waals surface area contributed by atoms with Crippen molar-refractivity contribution in [3.05, 3.63) is 28.8 Å². The molecule has 1 aliphatic carbocycles. The molecular weight excluding hydrogens is 450 g/mol. The molecule has 1 unspecified atom stereocenters. The quantitative estimate of drug-likeness (QED) is 0.692. The third kappa shape index (κ3) is 5.29. The summed E-state index contributed by atoms with van der Waals surface area (Å²) >= 11 is 6.22. The fourth-order valence-corrected chi connectivity index (χ4v) is 5.97. The zero-order chi connectivity index (χ0) is 23.5. The second kappa shape index (κ2) is 10.1. The van der Waals surface area contributed by atoms with Crippen LogP contribution in [0.5, 0.6) is 0 Å². The van der Waals surface area contributed by atoms with E-state index >= 15 is 0 Å². The van der Waals surface area contributed by atoms with E-state index in [2.05, 4.69) is 5.32 Å². The number of hydrogen-bond acceptors (Lipinski definition) is 4. The van der Waals surface area contributed by atoms with E-state index in [4.69, 9.17) is 11.6 Å². The molecule has 1 aliphatic heterocycles. The van der Waals surface area contributed by atoms with Crippen molar-refractivity contribution in [1.82, 2.24) is 9.62 Å². The molecule has 2 fully saturated rings. The lowest BCUT2D eigenvalue weighted by Crippen LogP contribution is -2.71. The van der Waals surface area contributed by atoms with Crippen LogP contribution in [0.2, 0.25) is 5.02 Å². The number of amides is 2. The van der Waals surface area contributed by atoms with Crippen LogP contribution in [0, 0.1) is 6.92 Å². The van der Waals surface area contributed by atoms with E-state index in [9.17, 15) is 18.0 Å². The lowest BCUT2D eigenvalue weighted by atomic mass is 9.91. The Bertz CT molecular complexity index is 960. The number of aryl methyl sites for hydroxylation is 1. The maximum Gasteiger partial charge on any atom is 0.247 e. The third-order valence-corrected chi connectivity index (χ3v) is 8.65. The van der Waals surface area contributed by atoms with Gasteiger partial charge in [-0.2, -0.15) is 4.31 Å². The Labute approximate surface area is 196 Å². The van der Waals surface area contributed by atoms with Crippen molar-refractivity contribution < 1.29 is 18.0 Å². The van der Waals surface area contributed by atoms with Crippen molar-refractivity contribution in [3.8, 4) is 0 Å². The molecule has 178 valence electrons. The first-order valence-corrected chi connectivity index (χ1v) is 13.4. The minimum atomic E-state index is -3.65. The van der Waals surface area contributed by atoms with E-state index in [1.54, 1.807) is 32.0 Å². The van der Waals surface area contributed by atoms with Gasteiger partial charge in [0, 0.05) is 23.3 Å². The van der Waals surface area contributed by atoms with Gasteiger partial charge in [-0.3, -0.25) is 14.5 Å². The monoisotopic (exact) mass is 483 g/mol. The standard InChI is InChI=1S/C23H34ClN3O4S/c1-4-32(30,31)26-15-21(28)27(20-14-18(24)13-12-17(20)2)23(3,16-26)22(29)25-19-10-8-6-5-7-9-11-19/h12-14,19H,4-11,15-16H2,1-3H3,(H,25,29). The highest BCUT2D eigenvalue weighted by atomic mass is 35.5. The number of sulfonamides is 1. The molecule has 1 saturated carbocycles. The number of piperazine rings is 1. The molecule has 0 radical (unpaired) electrons. The van der Waals surface area contributed by atoms with Gasteiger partial charge in [-0.05, 0) is 51.3 Å². The number of benzene rings is 1. The van der Waals surface area contributed by atoms with Crippen molar-refractivity contribution in [3.63, 3.8) is 0 Å². The number of nitrogens with zero attached hydrogens (tertiary/aromatic N) is 2. The molecule has 1 aromatic rings. The lowest BCUT2D eigenvalue weighted by molar-refractivity contribution is -0.133. The molecule has 9 heteroatoms. The molecular formula is C23H34ClN3O4S. The molecule has 7 nitrogen and oxygen atoms in total. The van der Waals surface area contributed by atoms with Gasteiger partial charge < -0.3 is 5.32 Å². The van der Waals surface area contributed by atoms with E-state index in [1.807, 2.05) is 6.92 Å². The zero-order valence-corrected chi connectivity index (χ0v) is 20.8. The SMILES string of the molecule is CCS(=O)(=O)N1CC(=O)N(c2cc(Cl)ccc2C)C(C)(C(=O)NC2CCCCCCC2)C1. The van der Waals surface area contributed by atoms with Crippen LogP contribution < -0.4 is 10.2 Å². The Hall–Kier alpha value is -1.64. The molecule has 0 spiro atoms.